The van der Waals surface area contributed by atoms with E-state index in [2.05, 4.69) is 10.3 Å². The van der Waals surface area contributed by atoms with E-state index in [0.717, 1.165) is 19.4 Å². The second kappa shape index (κ2) is 6.36. The highest BCUT2D eigenvalue weighted by Crippen LogP contribution is 2.30. The van der Waals surface area contributed by atoms with Crippen molar-refractivity contribution in [2.24, 2.45) is 0 Å². The molecule has 19 heavy (non-hydrogen) atoms. The lowest BCUT2D eigenvalue weighted by Crippen LogP contribution is -2.27. The lowest BCUT2D eigenvalue weighted by atomic mass is 10.1. The first-order chi connectivity index (χ1) is 8.89. The molecule has 0 fully saturated rings. The fourth-order valence-electron chi connectivity index (χ4n) is 1.33. The Hall–Kier alpha value is -1.85. The van der Waals surface area contributed by atoms with Gasteiger partial charge in [0.15, 0.2) is 0 Å². The van der Waals surface area contributed by atoms with Gasteiger partial charge in [-0.05, 0) is 32.8 Å². The first-order valence-electron chi connectivity index (χ1n) is 6.48. The molecular formula is C13H21N3O3. The minimum absolute atomic E-state index is 0.0675. The first kappa shape index (κ1) is 15.2. The number of ether oxygens (including phenoxy) is 1. The van der Waals surface area contributed by atoms with Crippen molar-refractivity contribution in [2.75, 3.05) is 11.9 Å². The second-order valence-corrected chi connectivity index (χ2v) is 4.92. The van der Waals surface area contributed by atoms with Gasteiger partial charge in [0, 0.05) is 12.6 Å². The summed E-state index contributed by atoms with van der Waals surface area (Å²) in [4.78, 5) is 14.7. The number of rotatable bonds is 7. The maximum atomic E-state index is 11.0. The van der Waals surface area contributed by atoms with Crippen LogP contribution in [-0.4, -0.2) is 22.1 Å². The zero-order valence-corrected chi connectivity index (χ0v) is 11.9. The Kier molecular flexibility index (Phi) is 5.09. The van der Waals surface area contributed by atoms with Gasteiger partial charge in [-0.15, -0.1) is 0 Å². The Morgan fingerprint density at radius 2 is 2.11 bits per heavy atom. The molecule has 1 rings (SSSR count). The van der Waals surface area contributed by atoms with E-state index in [4.69, 9.17) is 4.74 Å². The average Bonchev–Trinajstić information content (AvgIpc) is 2.35. The number of nitro groups is 1. The summed E-state index contributed by atoms with van der Waals surface area (Å²) in [6, 6.07) is 3.02. The smallest absolute Gasteiger partial charge is 0.331 e. The van der Waals surface area contributed by atoms with Crippen LogP contribution in [0.5, 0.6) is 5.88 Å². The number of pyridine rings is 1. The second-order valence-electron chi connectivity index (χ2n) is 4.92. The highest BCUT2D eigenvalue weighted by atomic mass is 16.6. The number of hydrogen-bond donors (Lipinski definition) is 1. The molecule has 6 nitrogen and oxygen atoms in total. The van der Waals surface area contributed by atoms with Crippen LogP contribution in [0.4, 0.5) is 11.5 Å². The zero-order valence-electron chi connectivity index (χ0n) is 11.9. The minimum Gasteiger partial charge on any atom is -0.467 e. The largest absolute Gasteiger partial charge is 0.467 e. The van der Waals surface area contributed by atoms with E-state index in [0.29, 0.717) is 5.82 Å². The molecule has 1 heterocycles. The van der Waals surface area contributed by atoms with Crippen molar-refractivity contribution < 1.29 is 9.66 Å². The quantitative estimate of drug-likeness (QED) is 0.605. The first-order valence-corrected chi connectivity index (χ1v) is 6.48. The van der Waals surface area contributed by atoms with Gasteiger partial charge in [0.25, 0.3) is 5.88 Å². The number of anilines is 1. The zero-order chi connectivity index (χ0) is 14.5. The van der Waals surface area contributed by atoms with Gasteiger partial charge >= 0.3 is 5.69 Å². The molecule has 0 aliphatic rings. The molecule has 0 amide bonds. The summed E-state index contributed by atoms with van der Waals surface area (Å²) in [5, 5.41) is 14.1. The molecule has 0 unspecified atom stereocenters. The van der Waals surface area contributed by atoms with Crippen LogP contribution in [0.2, 0.25) is 0 Å². The van der Waals surface area contributed by atoms with E-state index < -0.39 is 10.5 Å². The Morgan fingerprint density at radius 1 is 1.42 bits per heavy atom. The molecule has 0 atom stereocenters. The van der Waals surface area contributed by atoms with Crippen LogP contribution in [0, 0.1) is 10.1 Å². The Morgan fingerprint density at radius 3 is 2.63 bits per heavy atom. The number of hydrogen-bond acceptors (Lipinski definition) is 5. The lowest BCUT2D eigenvalue weighted by Gasteiger charge is -2.23. The van der Waals surface area contributed by atoms with E-state index >= 15 is 0 Å². The third-order valence-electron chi connectivity index (χ3n) is 2.82. The highest BCUT2D eigenvalue weighted by molar-refractivity contribution is 5.49. The monoisotopic (exact) mass is 267 g/mol. The SMILES string of the molecule is CCCNc1ccc([N+](=O)[O-])c(OC(C)(C)CC)n1. The van der Waals surface area contributed by atoms with Crippen LogP contribution in [-0.2, 0) is 0 Å². The van der Waals surface area contributed by atoms with Gasteiger partial charge in [-0.25, -0.2) is 0 Å². The summed E-state index contributed by atoms with van der Waals surface area (Å²) < 4.78 is 5.67. The Labute approximate surface area is 113 Å². The van der Waals surface area contributed by atoms with E-state index in [9.17, 15) is 10.1 Å². The molecule has 0 radical (unpaired) electrons. The van der Waals surface area contributed by atoms with Crippen LogP contribution >= 0.6 is 0 Å². The van der Waals surface area contributed by atoms with E-state index in [1.54, 1.807) is 6.07 Å². The van der Waals surface area contributed by atoms with Crippen molar-refractivity contribution in [3.63, 3.8) is 0 Å². The summed E-state index contributed by atoms with van der Waals surface area (Å²) in [7, 11) is 0. The highest BCUT2D eigenvalue weighted by Gasteiger charge is 2.25. The third kappa shape index (κ3) is 4.39. The predicted octanol–water partition coefficient (Wildman–Crippen LogP) is 3.38. The summed E-state index contributed by atoms with van der Waals surface area (Å²) in [5.41, 5.74) is -0.593. The van der Waals surface area contributed by atoms with Crippen LogP contribution in [0.15, 0.2) is 12.1 Å². The summed E-state index contributed by atoms with van der Waals surface area (Å²) >= 11 is 0. The fraction of sp³-hybridized carbons (Fsp3) is 0.615. The molecule has 1 aromatic rings. The van der Waals surface area contributed by atoms with Gasteiger partial charge in [-0.2, -0.15) is 4.98 Å². The Balaban J connectivity index is 3.05. The van der Waals surface area contributed by atoms with Gasteiger partial charge < -0.3 is 10.1 Å². The molecule has 6 heteroatoms. The topological polar surface area (TPSA) is 77.3 Å². The summed E-state index contributed by atoms with van der Waals surface area (Å²) in [6.45, 7) is 8.53. The van der Waals surface area contributed by atoms with E-state index in [1.807, 2.05) is 27.7 Å². The molecule has 1 N–H and O–H groups in total. The molecular weight excluding hydrogens is 246 g/mol. The van der Waals surface area contributed by atoms with E-state index in [1.165, 1.54) is 6.07 Å². The Bertz CT molecular complexity index is 447. The molecule has 0 saturated heterocycles. The number of aromatic nitrogens is 1. The predicted molar refractivity (Wildman–Crippen MR) is 74.7 cm³/mol. The van der Waals surface area contributed by atoms with Crippen molar-refractivity contribution >= 4 is 11.5 Å². The van der Waals surface area contributed by atoms with Gasteiger partial charge in [0.2, 0.25) is 0 Å². The molecule has 0 saturated carbocycles. The van der Waals surface area contributed by atoms with Gasteiger partial charge in [-0.3, -0.25) is 10.1 Å². The van der Waals surface area contributed by atoms with Crippen LogP contribution in [0.25, 0.3) is 0 Å². The van der Waals surface area contributed by atoms with Crippen molar-refractivity contribution in [1.29, 1.82) is 0 Å². The van der Waals surface area contributed by atoms with Gasteiger partial charge in [0.05, 0.1) is 4.92 Å². The average molecular weight is 267 g/mol. The van der Waals surface area contributed by atoms with Crippen LogP contribution in [0.1, 0.15) is 40.5 Å². The number of nitrogens with one attached hydrogen (secondary N) is 1. The fourth-order valence-corrected chi connectivity index (χ4v) is 1.33. The molecule has 0 bridgehead atoms. The standard InChI is InChI=1S/C13H21N3O3/c1-5-9-14-11-8-7-10(16(17)18)12(15-11)19-13(3,4)6-2/h7-8H,5-6,9H2,1-4H3,(H,14,15). The minimum atomic E-state index is -0.485. The van der Waals surface area contributed by atoms with Crippen LogP contribution < -0.4 is 10.1 Å². The van der Waals surface area contributed by atoms with Crippen LogP contribution in [0.3, 0.4) is 0 Å². The van der Waals surface area contributed by atoms with Crippen molar-refractivity contribution in [3.8, 4) is 5.88 Å². The lowest BCUT2D eigenvalue weighted by molar-refractivity contribution is -0.386. The van der Waals surface area contributed by atoms with Crippen molar-refractivity contribution in [2.45, 2.75) is 46.1 Å². The van der Waals surface area contributed by atoms with Gasteiger partial charge in [0.1, 0.15) is 11.4 Å². The normalized spacial score (nSPS) is 11.2. The number of nitrogens with zero attached hydrogens (tertiary/aromatic N) is 2. The maximum Gasteiger partial charge on any atom is 0.331 e. The van der Waals surface area contributed by atoms with E-state index in [-0.39, 0.29) is 11.6 Å². The maximum absolute atomic E-state index is 11.0. The molecule has 106 valence electrons. The molecule has 0 spiro atoms. The molecule has 0 aliphatic heterocycles. The molecule has 0 aliphatic carbocycles. The van der Waals surface area contributed by atoms with Crippen molar-refractivity contribution in [3.05, 3.63) is 22.2 Å². The van der Waals surface area contributed by atoms with Gasteiger partial charge in [-0.1, -0.05) is 13.8 Å². The summed E-state index contributed by atoms with van der Waals surface area (Å²) in [6.07, 6.45) is 1.69. The van der Waals surface area contributed by atoms with Crippen molar-refractivity contribution in [1.82, 2.24) is 4.98 Å². The molecule has 0 aromatic carbocycles. The third-order valence-corrected chi connectivity index (χ3v) is 2.82. The summed E-state index contributed by atoms with van der Waals surface area (Å²) in [5.74, 6) is 0.660. The molecule has 1 aromatic heterocycles.